The van der Waals surface area contributed by atoms with Crippen LogP contribution in [0.15, 0.2) is 53.6 Å². The SMILES string of the molecule is O=C(N[C@H]1CCS(=O)(=O)C1)c1ccc2c(=O)n(-c3ccccc3F)cnc2c1. The Morgan fingerprint density at radius 2 is 2.00 bits per heavy atom. The molecule has 1 aliphatic rings. The van der Waals surface area contributed by atoms with Crippen LogP contribution >= 0.6 is 0 Å². The number of nitrogens with one attached hydrogen (secondary N) is 1. The predicted octanol–water partition coefficient (Wildman–Crippen LogP) is 1.44. The summed E-state index contributed by atoms with van der Waals surface area (Å²) in [6, 6.07) is 9.84. The normalized spacial score (nSPS) is 18.2. The average molecular weight is 401 g/mol. The molecule has 0 aliphatic carbocycles. The molecule has 7 nitrogen and oxygen atoms in total. The number of carbonyl (C=O) groups is 1. The van der Waals surface area contributed by atoms with Crippen molar-refractivity contribution in [2.45, 2.75) is 12.5 Å². The molecule has 4 rings (SSSR count). The maximum Gasteiger partial charge on any atom is 0.265 e. The molecular formula is C19H16FN3O4S. The smallest absolute Gasteiger partial charge is 0.265 e. The summed E-state index contributed by atoms with van der Waals surface area (Å²) in [5.74, 6) is -0.984. The third kappa shape index (κ3) is 3.40. The number of rotatable bonds is 3. The van der Waals surface area contributed by atoms with Crippen molar-refractivity contribution in [3.05, 3.63) is 70.5 Å². The molecule has 1 aromatic heterocycles. The van der Waals surface area contributed by atoms with Crippen LogP contribution in [0.5, 0.6) is 0 Å². The lowest BCUT2D eigenvalue weighted by molar-refractivity contribution is 0.0941. The first-order chi connectivity index (χ1) is 13.3. The maximum atomic E-state index is 14.0. The van der Waals surface area contributed by atoms with Crippen LogP contribution in [-0.4, -0.2) is 41.4 Å². The summed E-state index contributed by atoms with van der Waals surface area (Å²) in [5, 5.41) is 2.94. The Morgan fingerprint density at radius 1 is 1.21 bits per heavy atom. The van der Waals surface area contributed by atoms with E-state index in [2.05, 4.69) is 10.3 Å². The van der Waals surface area contributed by atoms with E-state index >= 15 is 0 Å². The molecule has 0 radical (unpaired) electrons. The molecule has 2 aromatic carbocycles. The highest BCUT2D eigenvalue weighted by molar-refractivity contribution is 7.91. The molecule has 1 N–H and O–H groups in total. The summed E-state index contributed by atoms with van der Waals surface area (Å²) < 4.78 is 38.1. The van der Waals surface area contributed by atoms with Crippen LogP contribution in [0.4, 0.5) is 4.39 Å². The third-order valence-electron chi connectivity index (χ3n) is 4.70. The van der Waals surface area contributed by atoms with Gasteiger partial charge in [-0.15, -0.1) is 0 Å². The first-order valence-corrected chi connectivity index (χ1v) is 10.4. The zero-order valence-electron chi connectivity index (χ0n) is 14.6. The molecule has 28 heavy (non-hydrogen) atoms. The van der Waals surface area contributed by atoms with E-state index in [1.54, 1.807) is 6.07 Å². The summed E-state index contributed by atoms with van der Waals surface area (Å²) >= 11 is 0. The van der Waals surface area contributed by atoms with Gasteiger partial charge in [-0.3, -0.25) is 14.2 Å². The van der Waals surface area contributed by atoms with Crippen LogP contribution in [0.25, 0.3) is 16.6 Å². The average Bonchev–Trinajstić information content (AvgIpc) is 3.01. The van der Waals surface area contributed by atoms with Crippen LogP contribution in [0.2, 0.25) is 0 Å². The van der Waals surface area contributed by atoms with Crippen LogP contribution < -0.4 is 10.9 Å². The van der Waals surface area contributed by atoms with E-state index in [9.17, 15) is 22.4 Å². The van der Waals surface area contributed by atoms with Crippen molar-refractivity contribution in [2.75, 3.05) is 11.5 Å². The lowest BCUT2D eigenvalue weighted by Crippen LogP contribution is -2.35. The van der Waals surface area contributed by atoms with E-state index in [1.807, 2.05) is 0 Å². The van der Waals surface area contributed by atoms with E-state index < -0.39 is 33.2 Å². The van der Waals surface area contributed by atoms with Crippen molar-refractivity contribution in [2.24, 2.45) is 0 Å². The second-order valence-electron chi connectivity index (χ2n) is 6.68. The van der Waals surface area contributed by atoms with Gasteiger partial charge >= 0.3 is 0 Å². The van der Waals surface area contributed by atoms with Crippen molar-refractivity contribution in [3.8, 4) is 5.69 Å². The number of halogens is 1. The molecule has 2 heterocycles. The van der Waals surface area contributed by atoms with Gasteiger partial charge in [0.15, 0.2) is 9.84 Å². The molecule has 1 aliphatic heterocycles. The Hall–Kier alpha value is -3.07. The Morgan fingerprint density at radius 3 is 2.71 bits per heavy atom. The number of fused-ring (bicyclic) bond motifs is 1. The molecule has 1 fully saturated rings. The lowest BCUT2D eigenvalue weighted by atomic mass is 10.1. The summed E-state index contributed by atoms with van der Waals surface area (Å²) in [6.45, 7) is 0. The van der Waals surface area contributed by atoms with Gasteiger partial charge in [-0.2, -0.15) is 0 Å². The topological polar surface area (TPSA) is 98.1 Å². The van der Waals surface area contributed by atoms with Crippen LogP contribution in [0, 0.1) is 5.82 Å². The Kier molecular flexibility index (Phi) is 4.46. The van der Waals surface area contributed by atoms with Gasteiger partial charge in [0.2, 0.25) is 0 Å². The molecule has 1 saturated heterocycles. The summed E-state index contributed by atoms with van der Waals surface area (Å²) in [7, 11) is -3.10. The Bertz CT molecular complexity index is 1250. The van der Waals surface area contributed by atoms with Crippen LogP contribution in [0.3, 0.4) is 0 Å². The fourth-order valence-electron chi connectivity index (χ4n) is 3.26. The molecule has 144 valence electrons. The van der Waals surface area contributed by atoms with E-state index in [-0.39, 0.29) is 28.1 Å². The van der Waals surface area contributed by atoms with Crippen LogP contribution in [-0.2, 0) is 9.84 Å². The van der Waals surface area contributed by atoms with Gasteiger partial charge in [-0.05, 0) is 36.8 Å². The highest BCUT2D eigenvalue weighted by Crippen LogP contribution is 2.16. The van der Waals surface area contributed by atoms with Gasteiger partial charge in [-0.1, -0.05) is 12.1 Å². The number of benzene rings is 2. The standard InChI is InChI=1S/C19H16FN3O4S/c20-15-3-1-2-4-17(15)23-11-21-16-9-12(5-6-14(16)19(23)25)18(24)22-13-7-8-28(26,27)10-13/h1-6,9,11,13H,7-8,10H2,(H,22,24)/t13-/m0/s1. The first kappa shape index (κ1) is 18.3. The molecule has 1 amide bonds. The molecular weight excluding hydrogens is 385 g/mol. The lowest BCUT2D eigenvalue weighted by Gasteiger charge is -2.11. The van der Waals surface area contributed by atoms with Gasteiger partial charge in [0.05, 0.1) is 28.1 Å². The summed E-state index contributed by atoms with van der Waals surface area (Å²) in [6.07, 6.45) is 1.60. The van der Waals surface area contributed by atoms with E-state index in [0.717, 1.165) is 4.57 Å². The highest BCUT2D eigenvalue weighted by atomic mass is 32.2. The zero-order chi connectivity index (χ0) is 19.9. The largest absolute Gasteiger partial charge is 0.348 e. The van der Waals surface area contributed by atoms with E-state index in [0.29, 0.717) is 11.9 Å². The molecule has 0 saturated carbocycles. The number of hydrogen-bond acceptors (Lipinski definition) is 5. The number of nitrogens with zero attached hydrogens (tertiary/aromatic N) is 2. The van der Waals surface area contributed by atoms with Crippen molar-refractivity contribution < 1.29 is 17.6 Å². The van der Waals surface area contributed by atoms with Gasteiger partial charge in [-0.25, -0.2) is 17.8 Å². The molecule has 9 heteroatoms. The third-order valence-corrected chi connectivity index (χ3v) is 6.47. The molecule has 0 spiro atoms. The highest BCUT2D eigenvalue weighted by Gasteiger charge is 2.29. The minimum absolute atomic E-state index is 0.0623. The second kappa shape index (κ2) is 6.83. The number of sulfone groups is 1. The van der Waals surface area contributed by atoms with Gasteiger partial charge in [0.25, 0.3) is 11.5 Å². The van der Waals surface area contributed by atoms with Crippen LogP contribution in [0.1, 0.15) is 16.8 Å². The molecule has 1 atom stereocenters. The minimum atomic E-state index is -3.10. The first-order valence-electron chi connectivity index (χ1n) is 8.62. The fraction of sp³-hybridized carbons (Fsp3) is 0.211. The second-order valence-corrected chi connectivity index (χ2v) is 8.91. The van der Waals surface area contributed by atoms with Crippen molar-refractivity contribution >= 4 is 26.6 Å². The van der Waals surface area contributed by atoms with Gasteiger partial charge in [0.1, 0.15) is 12.1 Å². The minimum Gasteiger partial charge on any atom is -0.348 e. The number of aromatic nitrogens is 2. The summed E-state index contributed by atoms with van der Waals surface area (Å²) in [5.41, 5.74) is 0.201. The number of amides is 1. The number of hydrogen-bond donors (Lipinski definition) is 1. The van der Waals surface area contributed by atoms with E-state index in [1.165, 1.54) is 42.7 Å². The van der Waals surface area contributed by atoms with Crippen molar-refractivity contribution in [3.63, 3.8) is 0 Å². The predicted molar refractivity (Wildman–Crippen MR) is 102 cm³/mol. The quantitative estimate of drug-likeness (QED) is 0.716. The Balaban J connectivity index is 1.65. The molecule has 3 aromatic rings. The summed E-state index contributed by atoms with van der Waals surface area (Å²) in [4.78, 5) is 29.3. The number of carbonyl (C=O) groups excluding carboxylic acids is 1. The van der Waals surface area contributed by atoms with E-state index in [4.69, 9.17) is 0 Å². The maximum absolute atomic E-state index is 14.0. The monoisotopic (exact) mass is 401 g/mol. The molecule has 0 bridgehead atoms. The van der Waals surface area contributed by atoms with Gasteiger partial charge < -0.3 is 5.32 Å². The number of para-hydroxylation sites is 1. The van der Waals surface area contributed by atoms with Crippen molar-refractivity contribution in [1.29, 1.82) is 0 Å². The fourth-order valence-corrected chi connectivity index (χ4v) is 4.93. The Labute approximate surface area is 159 Å². The molecule has 0 unspecified atom stereocenters. The van der Waals surface area contributed by atoms with Gasteiger partial charge in [0, 0.05) is 11.6 Å². The zero-order valence-corrected chi connectivity index (χ0v) is 15.4. The van der Waals surface area contributed by atoms with Crippen molar-refractivity contribution in [1.82, 2.24) is 14.9 Å².